The largest absolute Gasteiger partial charge is 0.313 e. The summed E-state index contributed by atoms with van der Waals surface area (Å²) in [5, 5.41) is 3.75. The molecule has 1 N–H and O–H groups in total. The molecule has 3 aliphatic rings. The molecule has 1 aromatic rings. The second kappa shape index (κ2) is 8.20. The van der Waals surface area contributed by atoms with Crippen molar-refractivity contribution in [3.8, 4) is 0 Å². The summed E-state index contributed by atoms with van der Waals surface area (Å²) in [5.74, 6) is 0. The molecular formula is C22H35N3. The van der Waals surface area contributed by atoms with Gasteiger partial charge < -0.3 is 10.2 Å². The van der Waals surface area contributed by atoms with Crippen LogP contribution in [-0.2, 0) is 6.42 Å². The van der Waals surface area contributed by atoms with Crippen molar-refractivity contribution < 1.29 is 0 Å². The third kappa shape index (κ3) is 4.10. The third-order valence-electron chi connectivity index (χ3n) is 6.89. The summed E-state index contributed by atoms with van der Waals surface area (Å²) in [4.78, 5) is 5.62. The molecule has 3 saturated heterocycles. The molecule has 3 heterocycles. The average Bonchev–Trinajstić information content (AvgIpc) is 3.15. The van der Waals surface area contributed by atoms with Gasteiger partial charge >= 0.3 is 0 Å². The number of rotatable bonds is 6. The van der Waals surface area contributed by atoms with Crippen LogP contribution >= 0.6 is 0 Å². The predicted octanol–water partition coefficient (Wildman–Crippen LogP) is 3.30. The molecule has 0 saturated carbocycles. The number of benzene rings is 1. The van der Waals surface area contributed by atoms with Gasteiger partial charge in [0.25, 0.3) is 0 Å². The van der Waals surface area contributed by atoms with Crippen molar-refractivity contribution in [1.29, 1.82) is 0 Å². The van der Waals surface area contributed by atoms with Gasteiger partial charge in [-0.2, -0.15) is 0 Å². The van der Waals surface area contributed by atoms with Crippen molar-refractivity contribution >= 4 is 0 Å². The summed E-state index contributed by atoms with van der Waals surface area (Å²) in [5.41, 5.74) is 1.98. The Bertz CT molecular complexity index is 521. The highest BCUT2D eigenvalue weighted by molar-refractivity contribution is 5.14. The third-order valence-corrected chi connectivity index (χ3v) is 6.89. The second-order valence-electron chi connectivity index (χ2n) is 8.48. The number of hydrogen-bond donors (Lipinski definition) is 1. The van der Waals surface area contributed by atoms with Crippen LogP contribution in [0.5, 0.6) is 0 Å². The van der Waals surface area contributed by atoms with Crippen molar-refractivity contribution in [2.75, 3.05) is 39.3 Å². The predicted molar refractivity (Wildman–Crippen MR) is 105 cm³/mol. The molecule has 25 heavy (non-hydrogen) atoms. The Morgan fingerprint density at radius 2 is 1.84 bits per heavy atom. The minimum Gasteiger partial charge on any atom is -0.313 e. The van der Waals surface area contributed by atoms with E-state index in [-0.39, 0.29) is 0 Å². The average molecular weight is 342 g/mol. The fourth-order valence-electron chi connectivity index (χ4n) is 5.39. The first kappa shape index (κ1) is 17.5. The summed E-state index contributed by atoms with van der Waals surface area (Å²) in [6.45, 7) is 7.74. The zero-order chi connectivity index (χ0) is 17.0. The van der Waals surface area contributed by atoms with Gasteiger partial charge in [-0.15, -0.1) is 0 Å². The smallest absolute Gasteiger partial charge is 0.0361 e. The van der Waals surface area contributed by atoms with Crippen molar-refractivity contribution in [3.05, 3.63) is 35.9 Å². The van der Waals surface area contributed by atoms with Crippen LogP contribution in [0, 0.1) is 0 Å². The van der Waals surface area contributed by atoms with Crippen LogP contribution in [0.25, 0.3) is 0 Å². The zero-order valence-corrected chi connectivity index (χ0v) is 15.8. The van der Waals surface area contributed by atoms with Gasteiger partial charge in [0.2, 0.25) is 0 Å². The number of aryl methyl sites for hydroxylation is 1. The molecule has 1 spiro atoms. The maximum absolute atomic E-state index is 3.75. The van der Waals surface area contributed by atoms with Crippen LogP contribution in [0.1, 0.15) is 50.5 Å². The van der Waals surface area contributed by atoms with E-state index < -0.39 is 0 Å². The Balaban J connectivity index is 1.16. The Hall–Kier alpha value is -0.900. The number of piperidine rings is 1. The standard InChI is InChI=1S/C22H35N3/c1-3-8-20(9-4-1)10-5-2-6-14-24-16-12-22(13-17-24)19-23-18-21-11-7-15-25(21)22/h1,3-4,8-9,21,23H,2,5-7,10-19H2. The molecule has 3 fully saturated rings. The van der Waals surface area contributed by atoms with Crippen LogP contribution in [0.3, 0.4) is 0 Å². The quantitative estimate of drug-likeness (QED) is 0.801. The van der Waals surface area contributed by atoms with Gasteiger partial charge in [-0.05, 0) is 76.7 Å². The molecule has 0 aromatic heterocycles. The second-order valence-corrected chi connectivity index (χ2v) is 8.48. The van der Waals surface area contributed by atoms with Crippen LogP contribution in [0.4, 0.5) is 0 Å². The molecule has 4 rings (SSSR count). The van der Waals surface area contributed by atoms with Crippen molar-refractivity contribution in [3.63, 3.8) is 0 Å². The van der Waals surface area contributed by atoms with Crippen LogP contribution in [0.15, 0.2) is 30.3 Å². The molecule has 138 valence electrons. The summed E-state index contributed by atoms with van der Waals surface area (Å²) in [6, 6.07) is 11.8. The van der Waals surface area contributed by atoms with Gasteiger partial charge in [0.15, 0.2) is 0 Å². The Labute approximate surface area is 153 Å². The molecule has 1 unspecified atom stereocenters. The molecule has 3 heteroatoms. The van der Waals surface area contributed by atoms with Crippen LogP contribution < -0.4 is 5.32 Å². The fraction of sp³-hybridized carbons (Fsp3) is 0.727. The summed E-state index contributed by atoms with van der Waals surface area (Å²) in [6.07, 6.45) is 10.9. The van der Waals surface area contributed by atoms with Crippen molar-refractivity contribution in [2.24, 2.45) is 0 Å². The van der Waals surface area contributed by atoms with Gasteiger partial charge in [-0.1, -0.05) is 36.8 Å². The zero-order valence-electron chi connectivity index (χ0n) is 15.8. The molecule has 3 nitrogen and oxygen atoms in total. The SMILES string of the molecule is c1ccc(CCCCCN2CCC3(CC2)CNCC2CCCN23)cc1. The van der Waals surface area contributed by atoms with E-state index in [2.05, 4.69) is 45.4 Å². The normalized spacial score (nSPS) is 26.8. The van der Waals surface area contributed by atoms with Crippen molar-refractivity contribution in [2.45, 2.75) is 62.9 Å². The van der Waals surface area contributed by atoms with Gasteiger partial charge in [-0.25, -0.2) is 0 Å². The maximum Gasteiger partial charge on any atom is 0.0361 e. The molecule has 1 atom stereocenters. The minimum absolute atomic E-state index is 0.489. The number of likely N-dealkylation sites (tertiary alicyclic amines) is 1. The lowest BCUT2D eigenvalue weighted by Gasteiger charge is -2.53. The van der Waals surface area contributed by atoms with Gasteiger partial charge in [-0.3, -0.25) is 4.90 Å². The van der Waals surface area contributed by atoms with E-state index in [1.165, 1.54) is 96.2 Å². The number of hydrogen-bond acceptors (Lipinski definition) is 3. The fourth-order valence-corrected chi connectivity index (χ4v) is 5.39. The molecule has 3 aliphatic heterocycles. The lowest BCUT2D eigenvalue weighted by atomic mass is 9.83. The highest BCUT2D eigenvalue weighted by Gasteiger charge is 2.46. The number of fused-ring (bicyclic) bond motifs is 2. The van der Waals surface area contributed by atoms with Crippen molar-refractivity contribution in [1.82, 2.24) is 15.1 Å². The molecular weight excluding hydrogens is 306 g/mol. The van der Waals surface area contributed by atoms with E-state index in [1.54, 1.807) is 0 Å². The molecule has 1 aromatic carbocycles. The summed E-state index contributed by atoms with van der Waals surface area (Å²) < 4.78 is 0. The highest BCUT2D eigenvalue weighted by Crippen LogP contribution is 2.36. The minimum atomic E-state index is 0.489. The van der Waals surface area contributed by atoms with E-state index in [1.807, 2.05) is 0 Å². The monoisotopic (exact) mass is 341 g/mol. The molecule has 0 amide bonds. The van der Waals surface area contributed by atoms with E-state index in [0.717, 1.165) is 6.04 Å². The van der Waals surface area contributed by atoms with Crippen LogP contribution in [-0.4, -0.2) is 60.6 Å². The maximum atomic E-state index is 3.75. The number of unbranched alkanes of at least 4 members (excludes halogenated alkanes) is 2. The lowest BCUT2D eigenvalue weighted by Crippen LogP contribution is -2.66. The van der Waals surface area contributed by atoms with Gasteiger partial charge in [0.1, 0.15) is 0 Å². The summed E-state index contributed by atoms with van der Waals surface area (Å²) in [7, 11) is 0. The molecule has 0 radical (unpaired) electrons. The number of nitrogens with zero attached hydrogens (tertiary/aromatic N) is 2. The first-order chi connectivity index (χ1) is 12.4. The lowest BCUT2D eigenvalue weighted by molar-refractivity contribution is -0.00937. The highest BCUT2D eigenvalue weighted by atomic mass is 15.3. The molecule has 0 bridgehead atoms. The Morgan fingerprint density at radius 3 is 2.68 bits per heavy atom. The van der Waals surface area contributed by atoms with Crippen LogP contribution in [0.2, 0.25) is 0 Å². The number of nitrogens with one attached hydrogen (secondary N) is 1. The Kier molecular flexibility index (Phi) is 5.74. The van der Waals surface area contributed by atoms with Gasteiger partial charge in [0, 0.05) is 24.7 Å². The first-order valence-electron chi connectivity index (χ1n) is 10.6. The number of piperazine rings is 1. The van der Waals surface area contributed by atoms with E-state index in [9.17, 15) is 0 Å². The summed E-state index contributed by atoms with van der Waals surface area (Å²) >= 11 is 0. The first-order valence-corrected chi connectivity index (χ1v) is 10.6. The van der Waals surface area contributed by atoms with E-state index in [0.29, 0.717) is 5.54 Å². The van der Waals surface area contributed by atoms with E-state index >= 15 is 0 Å². The Morgan fingerprint density at radius 1 is 1.00 bits per heavy atom. The topological polar surface area (TPSA) is 18.5 Å². The molecule has 0 aliphatic carbocycles. The van der Waals surface area contributed by atoms with E-state index in [4.69, 9.17) is 0 Å². The van der Waals surface area contributed by atoms with Gasteiger partial charge in [0.05, 0.1) is 0 Å².